The van der Waals surface area contributed by atoms with E-state index in [-0.39, 0.29) is 17.4 Å². The second-order valence-electron chi connectivity index (χ2n) is 8.51. The SMILES string of the molecule is Cc1cccc(C(C)C)c1NC(=O)[C@H](C)Sc1nc2scc(-c3ccccc3Cl)c2c(=O)n1C. The van der Waals surface area contributed by atoms with E-state index in [9.17, 15) is 9.59 Å². The Morgan fingerprint density at radius 1 is 1.12 bits per heavy atom. The van der Waals surface area contributed by atoms with Gasteiger partial charge in [0.05, 0.1) is 10.6 Å². The topological polar surface area (TPSA) is 64.0 Å². The van der Waals surface area contributed by atoms with Crippen LogP contribution >= 0.6 is 34.7 Å². The summed E-state index contributed by atoms with van der Waals surface area (Å²) in [7, 11) is 1.69. The second kappa shape index (κ2) is 9.94. The van der Waals surface area contributed by atoms with Crippen LogP contribution < -0.4 is 10.9 Å². The fourth-order valence-corrected chi connectivity index (χ4v) is 5.91. The normalized spacial score (nSPS) is 12.3. The van der Waals surface area contributed by atoms with Crippen molar-refractivity contribution in [3.63, 3.8) is 0 Å². The number of rotatable bonds is 6. The molecule has 5 nitrogen and oxygen atoms in total. The number of halogens is 1. The van der Waals surface area contributed by atoms with E-state index in [2.05, 4.69) is 19.2 Å². The minimum absolute atomic E-state index is 0.126. The Kier molecular flexibility index (Phi) is 7.17. The first-order valence-electron chi connectivity index (χ1n) is 11.0. The summed E-state index contributed by atoms with van der Waals surface area (Å²) in [6, 6.07) is 13.5. The zero-order valence-corrected chi connectivity index (χ0v) is 22.1. The number of aryl methyl sites for hydroxylation is 1. The number of fused-ring (bicyclic) bond motifs is 1. The van der Waals surface area contributed by atoms with Gasteiger partial charge >= 0.3 is 0 Å². The van der Waals surface area contributed by atoms with Crippen LogP contribution in [0, 0.1) is 6.92 Å². The van der Waals surface area contributed by atoms with E-state index in [0.29, 0.717) is 20.4 Å². The third-order valence-electron chi connectivity index (χ3n) is 5.76. The van der Waals surface area contributed by atoms with E-state index in [4.69, 9.17) is 16.6 Å². The lowest BCUT2D eigenvalue weighted by Crippen LogP contribution is -2.26. The molecule has 1 atom stereocenters. The first-order valence-corrected chi connectivity index (χ1v) is 13.1. The highest BCUT2D eigenvalue weighted by Crippen LogP contribution is 2.36. The van der Waals surface area contributed by atoms with Gasteiger partial charge in [0.25, 0.3) is 5.56 Å². The zero-order chi connectivity index (χ0) is 24.6. The first kappa shape index (κ1) is 24.5. The number of nitrogens with zero attached hydrogens (tertiary/aromatic N) is 2. The smallest absolute Gasteiger partial charge is 0.263 e. The Morgan fingerprint density at radius 3 is 2.56 bits per heavy atom. The largest absolute Gasteiger partial charge is 0.325 e. The zero-order valence-electron chi connectivity index (χ0n) is 19.7. The summed E-state index contributed by atoms with van der Waals surface area (Å²) in [5, 5.41) is 6.20. The van der Waals surface area contributed by atoms with Crippen LogP contribution in [0.15, 0.2) is 57.8 Å². The molecular formula is C26H26ClN3O2S2. The van der Waals surface area contributed by atoms with Gasteiger partial charge in [-0.3, -0.25) is 14.2 Å². The molecule has 2 aromatic carbocycles. The summed E-state index contributed by atoms with van der Waals surface area (Å²) in [6.07, 6.45) is 0. The van der Waals surface area contributed by atoms with Gasteiger partial charge in [0.2, 0.25) is 5.91 Å². The molecule has 0 saturated carbocycles. The fraction of sp³-hybridized carbons (Fsp3) is 0.269. The highest BCUT2D eigenvalue weighted by Gasteiger charge is 2.22. The van der Waals surface area contributed by atoms with Crippen LogP contribution in [0.3, 0.4) is 0 Å². The number of hydrogen-bond donors (Lipinski definition) is 1. The van der Waals surface area contributed by atoms with Crippen LogP contribution in [-0.4, -0.2) is 20.7 Å². The first-order chi connectivity index (χ1) is 16.2. The average Bonchev–Trinajstić information content (AvgIpc) is 3.22. The molecule has 176 valence electrons. The van der Waals surface area contributed by atoms with Crippen LogP contribution in [0.5, 0.6) is 0 Å². The number of anilines is 1. The van der Waals surface area contributed by atoms with Crippen molar-refractivity contribution < 1.29 is 4.79 Å². The van der Waals surface area contributed by atoms with Crippen molar-refractivity contribution in [2.75, 3.05) is 5.32 Å². The Morgan fingerprint density at radius 2 is 1.85 bits per heavy atom. The Bertz CT molecular complexity index is 1440. The average molecular weight is 512 g/mol. The number of carbonyl (C=O) groups is 1. The van der Waals surface area contributed by atoms with Crippen LogP contribution in [-0.2, 0) is 11.8 Å². The monoisotopic (exact) mass is 511 g/mol. The summed E-state index contributed by atoms with van der Waals surface area (Å²) in [6.45, 7) is 8.03. The third-order valence-corrected chi connectivity index (χ3v) is 8.11. The molecule has 8 heteroatoms. The number of para-hydroxylation sites is 1. The minimum atomic E-state index is -0.446. The molecule has 0 saturated heterocycles. The van der Waals surface area contributed by atoms with Gasteiger partial charge in [0, 0.05) is 34.3 Å². The Balaban J connectivity index is 1.63. The number of thiophene rings is 1. The molecule has 34 heavy (non-hydrogen) atoms. The summed E-state index contributed by atoms with van der Waals surface area (Å²) in [4.78, 5) is 31.7. The van der Waals surface area contributed by atoms with E-state index < -0.39 is 5.25 Å². The number of benzene rings is 2. The highest BCUT2D eigenvalue weighted by atomic mass is 35.5. The van der Waals surface area contributed by atoms with E-state index >= 15 is 0 Å². The molecule has 4 rings (SSSR count). The summed E-state index contributed by atoms with van der Waals surface area (Å²) >= 11 is 9.06. The molecule has 1 N–H and O–H groups in total. The second-order valence-corrected chi connectivity index (χ2v) is 11.1. The van der Waals surface area contributed by atoms with Gasteiger partial charge in [-0.25, -0.2) is 4.98 Å². The molecule has 0 aliphatic rings. The van der Waals surface area contributed by atoms with Gasteiger partial charge in [0.15, 0.2) is 5.16 Å². The molecule has 0 spiro atoms. The predicted molar refractivity (Wildman–Crippen MR) is 145 cm³/mol. The Hall–Kier alpha value is -2.61. The maximum atomic E-state index is 13.3. The number of aromatic nitrogens is 2. The van der Waals surface area contributed by atoms with Gasteiger partial charge in [-0.15, -0.1) is 11.3 Å². The third kappa shape index (κ3) is 4.65. The van der Waals surface area contributed by atoms with E-state index in [1.54, 1.807) is 7.05 Å². The van der Waals surface area contributed by atoms with Crippen LogP contribution in [0.25, 0.3) is 21.3 Å². The number of hydrogen-bond acceptors (Lipinski definition) is 5. The molecular weight excluding hydrogens is 486 g/mol. The lowest BCUT2D eigenvalue weighted by atomic mass is 9.98. The lowest BCUT2D eigenvalue weighted by molar-refractivity contribution is -0.115. The van der Waals surface area contributed by atoms with Crippen molar-refractivity contribution >= 4 is 56.5 Å². The van der Waals surface area contributed by atoms with Crippen LogP contribution in [0.4, 0.5) is 5.69 Å². The molecule has 2 aromatic heterocycles. The van der Waals surface area contributed by atoms with Gasteiger partial charge in [-0.1, -0.05) is 73.6 Å². The molecule has 4 aromatic rings. The van der Waals surface area contributed by atoms with Gasteiger partial charge in [0.1, 0.15) is 4.83 Å². The van der Waals surface area contributed by atoms with Crippen molar-refractivity contribution in [1.29, 1.82) is 0 Å². The quantitative estimate of drug-likeness (QED) is 0.227. The van der Waals surface area contributed by atoms with Gasteiger partial charge < -0.3 is 5.32 Å². The lowest BCUT2D eigenvalue weighted by Gasteiger charge is -2.19. The van der Waals surface area contributed by atoms with Gasteiger partial charge in [-0.05, 0) is 37.0 Å². The summed E-state index contributed by atoms with van der Waals surface area (Å²) in [5.74, 6) is 0.160. The number of nitrogens with one attached hydrogen (secondary N) is 1. The molecule has 0 fully saturated rings. The summed E-state index contributed by atoms with van der Waals surface area (Å²) in [5.41, 5.74) is 4.41. The Labute approximate surface area is 212 Å². The molecule has 0 radical (unpaired) electrons. The molecule has 0 bridgehead atoms. The highest BCUT2D eigenvalue weighted by molar-refractivity contribution is 8.00. The predicted octanol–water partition coefficient (Wildman–Crippen LogP) is 6.87. The molecule has 0 aliphatic heterocycles. The maximum Gasteiger partial charge on any atom is 0.263 e. The molecule has 2 heterocycles. The fourth-order valence-electron chi connectivity index (χ4n) is 3.82. The molecule has 1 amide bonds. The van der Waals surface area contributed by atoms with Crippen LogP contribution in [0.2, 0.25) is 5.02 Å². The summed E-state index contributed by atoms with van der Waals surface area (Å²) < 4.78 is 1.51. The standard InChI is InChI=1S/C26H26ClN3O2S2/c1-14(2)17-11-8-9-15(3)22(17)28-23(31)16(4)34-26-29-24-21(25(32)30(26)5)19(13-33-24)18-10-6-7-12-20(18)27/h6-14,16H,1-5H3,(H,28,31)/t16-/m0/s1. The number of carbonyl (C=O) groups excluding carboxylic acids is 1. The minimum Gasteiger partial charge on any atom is -0.325 e. The molecule has 0 unspecified atom stereocenters. The van der Waals surface area contributed by atoms with Crippen molar-refractivity contribution in [2.24, 2.45) is 7.05 Å². The maximum absolute atomic E-state index is 13.3. The number of amides is 1. The molecule has 0 aliphatic carbocycles. The van der Waals surface area contributed by atoms with E-state index in [1.807, 2.05) is 61.7 Å². The van der Waals surface area contributed by atoms with E-state index in [1.165, 1.54) is 27.7 Å². The van der Waals surface area contributed by atoms with Crippen LogP contribution in [0.1, 0.15) is 37.8 Å². The van der Waals surface area contributed by atoms with Crippen molar-refractivity contribution in [2.45, 2.75) is 44.0 Å². The van der Waals surface area contributed by atoms with Gasteiger partial charge in [-0.2, -0.15) is 0 Å². The number of thioether (sulfide) groups is 1. The van der Waals surface area contributed by atoms with E-state index in [0.717, 1.165) is 27.9 Å². The van der Waals surface area contributed by atoms with Crippen molar-refractivity contribution in [1.82, 2.24) is 9.55 Å². The van der Waals surface area contributed by atoms with Crippen molar-refractivity contribution in [3.8, 4) is 11.1 Å². The van der Waals surface area contributed by atoms with Crippen molar-refractivity contribution in [3.05, 3.63) is 74.3 Å².